The summed E-state index contributed by atoms with van der Waals surface area (Å²) in [7, 11) is 4.75. The third kappa shape index (κ3) is 3.60. The predicted molar refractivity (Wildman–Crippen MR) is 114 cm³/mol. The number of carbonyl (C=O) groups excluding carboxylic acids is 1. The van der Waals surface area contributed by atoms with Gasteiger partial charge in [0.25, 0.3) is 0 Å². The van der Waals surface area contributed by atoms with E-state index in [4.69, 9.17) is 14.2 Å². The molecule has 5 nitrogen and oxygen atoms in total. The molecule has 1 aliphatic rings. The van der Waals surface area contributed by atoms with Gasteiger partial charge in [-0.15, -0.1) is 0 Å². The zero-order chi connectivity index (χ0) is 20.4. The average Bonchev–Trinajstić information content (AvgIpc) is 3.18. The van der Waals surface area contributed by atoms with E-state index in [0.29, 0.717) is 30.1 Å². The zero-order valence-corrected chi connectivity index (χ0v) is 17.0. The molecule has 0 saturated carbocycles. The minimum atomic E-state index is -0.0162. The number of hydrogen-bond donors (Lipinski definition) is 1. The number of carbonyl (C=O) groups is 1. The summed E-state index contributed by atoms with van der Waals surface area (Å²) in [6, 6.07) is 14.2. The average molecular weight is 391 g/mol. The van der Waals surface area contributed by atoms with Crippen molar-refractivity contribution in [3.63, 3.8) is 0 Å². The molecule has 1 amide bonds. The van der Waals surface area contributed by atoms with Gasteiger partial charge in [0, 0.05) is 17.5 Å². The van der Waals surface area contributed by atoms with Crippen molar-refractivity contribution in [1.82, 2.24) is 0 Å². The number of rotatable bonds is 7. The van der Waals surface area contributed by atoms with E-state index < -0.39 is 0 Å². The number of benzene rings is 3. The van der Waals surface area contributed by atoms with Crippen LogP contribution in [-0.2, 0) is 24.1 Å². The maximum atomic E-state index is 12.6. The van der Waals surface area contributed by atoms with Crippen molar-refractivity contribution in [2.24, 2.45) is 0 Å². The normalized spacial score (nSPS) is 12.1. The van der Waals surface area contributed by atoms with Crippen LogP contribution in [0.15, 0.2) is 42.5 Å². The Kier molecular flexibility index (Phi) is 5.30. The van der Waals surface area contributed by atoms with Crippen molar-refractivity contribution in [3.05, 3.63) is 59.2 Å². The molecule has 0 fully saturated rings. The Morgan fingerprint density at radius 3 is 2.28 bits per heavy atom. The second-order valence-electron chi connectivity index (χ2n) is 7.19. The van der Waals surface area contributed by atoms with Crippen molar-refractivity contribution in [2.75, 3.05) is 26.6 Å². The van der Waals surface area contributed by atoms with Crippen LogP contribution in [0.25, 0.3) is 10.8 Å². The van der Waals surface area contributed by atoms with Crippen molar-refractivity contribution < 1.29 is 19.0 Å². The third-order valence-corrected chi connectivity index (χ3v) is 5.52. The molecule has 0 spiro atoms. The highest BCUT2D eigenvalue weighted by Crippen LogP contribution is 2.38. The maximum Gasteiger partial charge on any atom is 0.224 e. The van der Waals surface area contributed by atoms with E-state index in [-0.39, 0.29) is 5.91 Å². The fraction of sp³-hybridized carbons (Fsp3) is 0.292. The van der Waals surface area contributed by atoms with Crippen LogP contribution in [0, 0.1) is 0 Å². The minimum Gasteiger partial charge on any atom is -0.493 e. The molecule has 150 valence electrons. The Morgan fingerprint density at radius 1 is 0.931 bits per heavy atom. The monoisotopic (exact) mass is 391 g/mol. The third-order valence-electron chi connectivity index (χ3n) is 5.52. The molecule has 0 heterocycles. The summed E-state index contributed by atoms with van der Waals surface area (Å²) in [6.07, 6.45) is 3.09. The summed E-state index contributed by atoms with van der Waals surface area (Å²) in [6.45, 7) is 0. The highest BCUT2D eigenvalue weighted by Gasteiger charge is 2.17. The molecular weight excluding hydrogens is 366 g/mol. The summed E-state index contributed by atoms with van der Waals surface area (Å²) in [5.74, 6) is 1.72. The smallest absolute Gasteiger partial charge is 0.224 e. The predicted octanol–water partition coefficient (Wildman–Crippen LogP) is 4.54. The van der Waals surface area contributed by atoms with Gasteiger partial charge in [0.2, 0.25) is 11.7 Å². The molecule has 0 bridgehead atoms. The molecule has 1 N–H and O–H groups in total. The number of ether oxygens (including phenoxy) is 3. The van der Waals surface area contributed by atoms with Gasteiger partial charge < -0.3 is 19.5 Å². The Hall–Kier alpha value is -3.21. The van der Waals surface area contributed by atoms with E-state index in [1.165, 1.54) is 16.5 Å². The first-order valence-corrected chi connectivity index (χ1v) is 9.76. The fourth-order valence-electron chi connectivity index (χ4n) is 4.11. The number of anilines is 1. The van der Waals surface area contributed by atoms with Crippen molar-refractivity contribution >= 4 is 22.4 Å². The lowest BCUT2D eigenvalue weighted by Crippen LogP contribution is -2.13. The number of methoxy groups -OCH3 is 3. The van der Waals surface area contributed by atoms with Gasteiger partial charge in [-0.25, -0.2) is 0 Å². The first-order chi connectivity index (χ1) is 14.1. The van der Waals surface area contributed by atoms with Crippen LogP contribution >= 0.6 is 0 Å². The van der Waals surface area contributed by atoms with Crippen LogP contribution in [0.1, 0.15) is 23.1 Å². The molecule has 29 heavy (non-hydrogen) atoms. The molecule has 0 radical (unpaired) electrons. The Labute approximate surface area is 170 Å². The first kappa shape index (κ1) is 19.1. The summed E-state index contributed by atoms with van der Waals surface area (Å²) >= 11 is 0. The van der Waals surface area contributed by atoms with E-state index in [9.17, 15) is 4.79 Å². The van der Waals surface area contributed by atoms with Crippen LogP contribution in [-0.4, -0.2) is 27.2 Å². The van der Waals surface area contributed by atoms with Gasteiger partial charge in [-0.3, -0.25) is 4.79 Å². The van der Waals surface area contributed by atoms with Crippen molar-refractivity contribution in [2.45, 2.75) is 25.7 Å². The largest absolute Gasteiger partial charge is 0.493 e. The number of amides is 1. The van der Waals surface area contributed by atoms with Crippen LogP contribution in [0.2, 0.25) is 0 Å². The van der Waals surface area contributed by atoms with Gasteiger partial charge >= 0.3 is 0 Å². The highest BCUT2D eigenvalue weighted by atomic mass is 16.5. The summed E-state index contributed by atoms with van der Waals surface area (Å²) in [4.78, 5) is 12.6. The molecule has 0 unspecified atom stereocenters. The molecule has 3 aromatic rings. The van der Waals surface area contributed by atoms with E-state index in [1.807, 2.05) is 18.2 Å². The quantitative estimate of drug-likeness (QED) is 0.643. The van der Waals surface area contributed by atoms with Gasteiger partial charge in [-0.05, 0) is 59.5 Å². The van der Waals surface area contributed by atoms with Gasteiger partial charge in [-0.1, -0.05) is 24.3 Å². The van der Waals surface area contributed by atoms with Crippen LogP contribution < -0.4 is 19.5 Å². The van der Waals surface area contributed by atoms with Crippen molar-refractivity contribution in [3.8, 4) is 17.2 Å². The highest BCUT2D eigenvalue weighted by molar-refractivity contribution is 6.05. The van der Waals surface area contributed by atoms with E-state index in [2.05, 4.69) is 29.6 Å². The number of nitrogens with one attached hydrogen (secondary N) is 1. The van der Waals surface area contributed by atoms with Crippen LogP contribution in [0.4, 0.5) is 5.69 Å². The standard InChI is InChI=1S/C24H25NO4/c1-27-20-13-15(14-21(28-2)24(20)29-3)7-12-22(26)25-19-11-10-17-9-8-16-5-4-6-18(19)23(16)17/h4-6,10-11,13-14H,7-9,12H2,1-3H3,(H,25,26). The Morgan fingerprint density at radius 2 is 1.62 bits per heavy atom. The van der Waals surface area contributed by atoms with E-state index in [0.717, 1.165) is 29.5 Å². The molecule has 4 rings (SSSR count). The van der Waals surface area contributed by atoms with Gasteiger partial charge in [-0.2, -0.15) is 0 Å². The Bertz CT molecular complexity index is 1040. The molecule has 5 heteroatoms. The van der Waals surface area contributed by atoms with Crippen LogP contribution in [0.5, 0.6) is 17.2 Å². The van der Waals surface area contributed by atoms with Gasteiger partial charge in [0.1, 0.15) is 0 Å². The lowest BCUT2D eigenvalue weighted by Gasteiger charge is -2.14. The summed E-state index contributed by atoms with van der Waals surface area (Å²) < 4.78 is 16.1. The molecular formula is C24H25NO4. The number of hydrogen-bond acceptors (Lipinski definition) is 4. The second kappa shape index (κ2) is 8.03. The topological polar surface area (TPSA) is 56.8 Å². The lowest BCUT2D eigenvalue weighted by atomic mass is 10.0. The molecule has 0 saturated heterocycles. The second-order valence-corrected chi connectivity index (χ2v) is 7.19. The minimum absolute atomic E-state index is 0.0162. The zero-order valence-electron chi connectivity index (χ0n) is 17.0. The maximum absolute atomic E-state index is 12.6. The van der Waals surface area contributed by atoms with E-state index >= 15 is 0 Å². The SMILES string of the molecule is COc1cc(CCC(=O)Nc2ccc3c4c(cccc24)CC3)cc(OC)c1OC. The molecule has 0 atom stereocenters. The summed E-state index contributed by atoms with van der Waals surface area (Å²) in [5, 5.41) is 5.52. The lowest BCUT2D eigenvalue weighted by molar-refractivity contribution is -0.116. The Balaban J connectivity index is 1.50. The molecule has 0 aromatic heterocycles. The van der Waals surface area contributed by atoms with Crippen molar-refractivity contribution in [1.29, 1.82) is 0 Å². The molecule has 3 aromatic carbocycles. The van der Waals surface area contributed by atoms with E-state index in [1.54, 1.807) is 21.3 Å². The fourth-order valence-corrected chi connectivity index (χ4v) is 4.11. The summed E-state index contributed by atoms with van der Waals surface area (Å²) in [5.41, 5.74) is 4.56. The number of aryl methyl sites for hydroxylation is 3. The molecule has 1 aliphatic carbocycles. The van der Waals surface area contributed by atoms with Crippen LogP contribution in [0.3, 0.4) is 0 Å². The van der Waals surface area contributed by atoms with Gasteiger partial charge in [0.05, 0.1) is 21.3 Å². The van der Waals surface area contributed by atoms with Gasteiger partial charge in [0.15, 0.2) is 11.5 Å². The first-order valence-electron chi connectivity index (χ1n) is 9.76. The molecule has 0 aliphatic heterocycles.